The van der Waals surface area contributed by atoms with Crippen LogP contribution in [0.4, 0.5) is 0 Å². The van der Waals surface area contributed by atoms with Crippen LogP contribution in [0.1, 0.15) is 47.9 Å². The quantitative estimate of drug-likeness (QED) is 0.756. The van der Waals surface area contributed by atoms with E-state index >= 15 is 0 Å². The maximum atomic E-state index is 12.1. The lowest BCUT2D eigenvalue weighted by Crippen LogP contribution is -2.00. The number of aromatic hydroxyl groups is 1. The van der Waals surface area contributed by atoms with Crippen LogP contribution in [0, 0.1) is 13.8 Å². The van der Waals surface area contributed by atoms with Gasteiger partial charge in [0.05, 0.1) is 0 Å². The van der Waals surface area contributed by atoms with Crippen LogP contribution < -0.4 is 0 Å². The number of allylic oxidation sites excluding steroid dienone is 2. The second kappa shape index (κ2) is 3.98. The number of fused-ring (bicyclic) bond motifs is 2. The van der Waals surface area contributed by atoms with E-state index in [1.807, 2.05) is 13.8 Å². The molecule has 18 heavy (non-hydrogen) atoms. The van der Waals surface area contributed by atoms with Gasteiger partial charge in [-0.25, -0.2) is 0 Å². The lowest BCUT2D eigenvalue weighted by Gasteiger charge is -2.15. The van der Waals surface area contributed by atoms with E-state index in [4.69, 9.17) is 0 Å². The van der Waals surface area contributed by atoms with E-state index in [1.54, 1.807) is 0 Å². The molecular formula is C16H18O2. The molecule has 1 aromatic rings. The zero-order chi connectivity index (χ0) is 12.9. The maximum Gasteiger partial charge on any atom is 0.159 e. The van der Waals surface area contributed by atoms with Crippen molar-refractivity contribution in [3.63, 3.8) is 0 Å². The van der Waals surface area contributed by atoms with Crippen LogP contribution in [0.2, 0.25) is 0 Å². The Kier molecular flexibility index (Phi) is 2.54. The number of benzene rings is 1. The number of hydrogen-bond donors (Lipinski definition) is 1. The molecule has 0 amide bonds. The van der Waals surface area contributed by atoms with E-state index in [0.717, 1.165) is 47.9 Å². The van der Waals surface area contributed by atoms with Gasteiger partial charge in [0.2, 0.25) is 0 Å². The van der Waals surface area contributed by atoms with Crippen LogP contribution in [0.5, 0.6) is 5.75 Å². The van der Waals surface area contributed by atoms with Crippen molar-refractivity contribution in [1.82, 2.24) is 0 Å². The van der Waals surface area contributed by atoms with Crippen LogP contribution in [0.3, 0.4) is 0 Å². The minimum absolute atomic E-state index is 0.315. The smallest absolute Gasteiger partial charge is 0.159 e. The van der Waals surface area contributed by atoms with E-state index in [-0.39, 0.29) is 0 Å². The lowest BCUT2D eigenvalue weighted by atomic mass is 9.90. The Bertz CT molecular complexity index is 579. The van der Waals surface area contributed by atoms with Crippen LogP contribution >= 0.6 is 0 Å². The molecule has 0 fully saturated rings. The van der Waals surface area contributed by atoms with Gasteiger partial charge in [0.25, 0.3) is 0 Å². The van der Waals surface area contributed by atoms with Crippen molar-refractivity contribution >= 4 is 11.4 Å². The molecule has 3 rings (SSSR count). The first kappa shape index (κ1) is 11.5. The summed E-state index contributed by atoms with van der Waals surface area (Å²) >= 11 is 0. The molecule has 0 aliphatic heterocycles. The molecule has 0 saturated carbocycles. The molecule has 0 atom stereocenters. The Hall–Kier alpha value is -1.57. The average Bonchev–Trinajstić information content (AvgIpc) is 2.77. The second-order valence-corrected chi connectivity index (χ2v) is 5.44. The SMILES string of the molecule is Cc1cc2c(c(C)c1O)C1=C(CCC1)C(=O)CC2. The highest BCUT2D eigenvalue weighted by Crippen LogP contribution is 2.43. The van der Waals surface area contributed by atoms with Gasteiger partial charge < -0.3 is 5.11 Å². The zero-order valence-electron chi connectivity index (χ0n) is 11.0. The van der Waals surface area contributed by atoms with Crippen LogP contribution in [-0.4, -0.2) is 10.9 Å². The minimum atomic E-state index is 0.315. The summed E-state index contributed by atoms with van der Waals surface area (Å²) in [6, 6.07) is 2.05. The number of phenols is 1. The summed E-state index contributed by atoms with van der Waals surface area (Å²) in [7, 11) is 0. The molecule has 0 heterocycles. The highest BCUT2D eigenvalue weighted by atomic mass is 16.3. The Balaban J connectivity index is 2.31. The van der Waals surface area contributed by atoms with Crippen molar-refractivity contribution in [2.75, 3.05) is 0 Å². The van der Waals surface area contributed by atoms with Gasteiger partial charge in [-0.05, 0) is 72.9 Å². The Labute approximate surface area is 107 Å². The monoisotopic (exact) mass is 242 g/mol. The molecule has 2 heteroatoms. The van der Waals surface area contributed by atoms with Crippen molar-refractivity contribution in [3.8, 4) is 5.75 Å². The van der Waals surface area contributed by atoms with Crippen molar-refractivity contribution in [1.29, 1.82) is 0 Å². The second-order valence-electron chi connectivity index (χ2n) is 5.44. The molecule has 0 aromatic heterocycles. The van der Waals surface area contributed by atoms with Gasteiger partial charge in [0, 0.05) is 6.42 Å². The van der Waals surface area contributed by atoms with E-state index in [1.165, 1.54) is 11.1 Å². The van der Waals surface area contributed by atoms with Crippen molar-refractivity contribution < 1.29 is 9.90 Å². The number of rotatable bonds is 0. The summed E-state index contributed by atoms with van der Waals surface area (Å²) in [6.07, 6.45) is 4.40. The fourth-order valence-electron chi connectivity index (χ4n) is 3.40. The fraction of sp³-hybridized carbons (Fsp3) is 0.438. The van der Waals surface area contributed by atoms with Gasteiger partial charge in [-0.1, -0.05) is 6.07 Å². The summed E-state index contributed by atoms with van der Waals surface area (Å²) in [5, 5.41) is 10.1. The zero-order valence-corrected chi connectivity index (χ0v) is 11.0. The largest absolute Gasteiger partial charge is 0.507 e. The number of phenolic OH excluding ortho intramolecular Hbond substituents is 1. The number of carbonyl (C=O) groups excluding carboxylic acids is 1. The molecule has 0 bridgehead atoms. The van der Waals surface area contributed by atoms with Crippen molar-refractivity contribution in [3.05, 3.63) is 33.9 Å². The summed E-state index contributed by atoms with van der Waals surface area (Å²) < 4.78 is 0. The molecule has 0 radical (unpaired) electrons. The molecule has 94 valence electrons. The number of aryl methyl sites for hydroxylation is 2. The van der Waals surface area contributed by atoms with E-state index in [0.29, 0.717) is 18.0 Å². The van der Waals surface area contributed by atoms with Gasteiger partial charge in [0.15, 0.2) is 5.78 Å². The molecule has 2 aliphatic rings. The van der Waals surface area contributed by atoms with Gasteiger partial charge in [-0.3, -0.25) is 4.79 Å². The third kappa shape index (κ3) is 1.52. The first-order chi connectivity index (χ1) is 8.59. The Morgan fingerprint density at radius 2 is 1.78 bits per heavy atom. The molecule has 0 saturated heterocycles. The van der Waals surface area contributed by atoms with Gasteiger partial charge in [0.1, 0.15) is 5.75 Å². The van der Waals surface area contributed by atoms with Crippen LogP contribution in [0.25, 0.3) is 5.57 Å². The average molecular weight is 242 g/mol. The number of Topliss-reactive ketones (excluding diaryl/α,β-unsaturated/α-hetero) is 1. The standard InChI is InChI=1S/C16H18O2/c1-9-8-11-6-7-14(17)12-4-3-5-13(12)15(11)10(2)16(9)18/h8,18H,3-7H2,1-2H3. The molecular weight excluding hydrogens is 224 g/mol. The normalized spacial score (nSPS) is 18.7. The van der Waals surface area contributed by atoms with Gasteiger partial charge in [-0.15, -0.1) is 0 Å². The third-order valence-corrected chi connectivity index (χ3v) is 4.29. The molecule has 2 aliphatic carbocycles. The fourth-order valence-corrected chi connectivity index (χ4v) is 3.40. The predicted molar refractivity (Wildman–Crippen MR) is 71.7 cm³/mol. The molecule has 0 spiro atoms. The molecule has 1 N–H and O–H groups in total. The summed E-state index contributed by atoms with van der Waals surface area (Å²) in [5.41, 5.74) is 6.51. The van der Waals surface area contributed by atoms with E-state index in [9.17, 15) is 9.90 Å². The Morgan fingerprint density at radius 1 is 1.06 bits per heavy atom. The van der Waals surface area contributed by atoms with E-state index in [2.05, 4.69) is 6.07 Å². The third-order valence-electron chi connectivity index (χ3n) is 4.29. The first-order valence-corrected chi connectivity index (χ1v) is 6.67. The number of ketones is 1. The summed E-state index contributed by atoms with van der Waals surface area (Å²) in [5.74, 6) is 0.706. The van der Waals surface area contributed by atoms with Crippen molar-refractivity contribution in [2.45, 2.75) is 46.0 Å². The van der Waals surface area contributed by atoms with Crippen LogP contribution in [-0.2, 0) is 11.2 Å². The lowest BCUT2D eigenvalue weighted by molar-refractivity contribution is -0.115. The maximum absolute atomic E-state index is 12.1. The number of hydrogen-bond acceptors (Lipinski definition) is 2. The Morgan fingerprint density at radius 3 is 2.56 bits per heavy atom. The first-order valence-electron chi connectivity index (χ1n) is 6.67. The molecule has 2 nitrogen and oxygen atoms in total. The predicted octanol–water partition coefficient (Wildman–Crippen LogP) is 3.46. The van der Waals surface area contributed by atoms with Crippen LogP contribution in [0.15, 0.2) is 11.6 Å². The highest BCUT2D eigenvalue weighted by molar-refractivity contribution is 6.05. The van der Waals surface area contributed by atoms with Crippen molar-refractivity contribution in [2.24, 2.45) is 0 Å². The number of carbonyl (C=O) groups is 1. The summed E-state index contributed by atoms with van der Waals surface area (Å²) in [4.78, 5) is 12.1. The van der Waals surface area contributed by atoms with Gasteiger partial charge in [-0.2, -0.15) is 0 Å². The molecule has 1 aromatic carbocycles. The molecule has 0 unspecified atom stereocenters. The van der Waals surface area contributed by atoms with Gasteiger partial charge >= 0.3 is 0 Å². The van der Waals surface area contributed by atoms with E-state index < -0.39 is 0 Å². The topological polar surface area (TPSA) is 37.3 Å². The minimum Gasteiger partial charge on any atom is -0.507 e. The summed E-state index contributed by atoms with van der Waals surface area (Å²) in [6.45, 7) is 3.90. The highest BCUT2D eigenvalue weighted by Gasteiger charge is 2.28.